The van der Waals surface area contributed by atoms with E-state index < -0.39 is 0 Å². The monoisotopic (exact) mass is 497 g/mol. The molecule has 5 aliphatic rings. The molecule has 1 amide bonds. The van der Waals surface area contributed by atoms with Gasteiger partial charge in [-0.05, 0) is 91.9 Å². The van der Waals surface area contributed by atoms with Gasteiger partial charge in [-0.15, -0.1) is 0 Å². The molecule has 5 rings (SSSR count). The molecule has 0 saturated heterocycles. The highest BCUT2D eigenvalue weighted by molar-refractivity contribution is 5.72. The first-order valence-corrected chi connectivity index (χ1v) is 14.5. The lowest BCUT2D eigenvalue weighted by atomic mass is 9.47. The standard InChI is InChI=1S/C31H47NO4/c1-18(17-32-20(3)33)7-10-27-19(2)29-28(36-27)16-26-24-9-8-22-15-23(35-21(4)34)11-13-30(22,5)25(24)12-14-31(26,29)6/h8,18,23-26,28-29H,7,9-17H2,1-6H3,(H,32,33)/t18-,23-,24-,25-,26-,28+,29-,30+,31+/m1/s1. The average molecular weight is 498 g/mol. The van der Waals surface area contributed by atoms with Crippen LogP contribution >= 0.6 is 0 Å². The van der Waals surface area contributed by atoms with Crippen molar-refractivity contribution in [3.63, 3.8) is 0 Å². The summed E-state index contributed by atoms with van der Waals surface area (Å²) in [6.45, 7) is 13.5. The number of fused-ring (bicyclic) bond motifs is 7. The molecule has 4 aliphatic carbocycles. The molecule has 9 atom stereocenters. The van der Waals surface area contributed by atoms with E-state index in [0.717, 1.165) is 56.4 Å². The maximum atomic E-state index is 11.5. The number of carbonyl (C=O) groups is 2. The van der Waals surface area contributed by atoms with Gasteiger partial charge in [0.15, 0.2) is 0 Å². The SMILES string of the molecule is CC(=O)NC[C@H](C)CCC1=C(C)[C@@H]2[C@H](C[C@@H]3[C@@H]4CC=C5C[C@H](OC(C)=O)CC[C@]5(C)[C@@H]4CC[C@@]32C)O1. The molecule has 200 valence electrons. The molecule has 0 spiro atoms. The van der Waals surface area contributed by atoms with Crippen molar-refractivity contribution in [2.24, 2.45) is 40.4 Å². The van der Waals surface area contributed by atoms with Crippen LogP contribution in [0, 0.1) is 40.4 Å². The second-order valence-corrected chi connectivity index (χ2v) is 13.3. The number of allylic oxidation sites excluding steroid dienone is 2. The number of ether oxygens (including phenoxy) is 2. The van der Waals surface area contributed by atoms with Gasteiger partial charge in [0.25, 0.3) is 0 Å². The molecule has 0 radical (unpaired) electrons. The predicted octanol–water partition coefficient (Wildman–Crippen LogP) is 6.33. The van der Waals surface area contributed by atoms with Crippen molar-refractivity contribution in [2.75, 3.05) is 6.54 Å². The molecule has 1 aliphatic heterocycles. The fraction of sp³-hybridized carbons (Fsp3) is 0.806. The molecule has 0 aromatic rings. The highest BCUT2D eigenvalue weighted by atomic mass is 16.5. The van der Waals surface area contributed by atoms with Crippen LogP contribution in [-0.4, -0.2) is 30.6 Å². The Morgan fingerprint density at radius 1 is 1.19 bits per heavy atom. The van der Waals surface area contributed by atoms with E-state index in [2.05, 4.69) is 39.1 Å². The predicted molar refractivity (Wildman–Crippen MR) is 141 cm³/mol. The van der Waals surface area contributed by atoms with Gasteiger partial charge in [0.2, 0.25) is 5.91 Å². The van der Waals surface area contributed by atoms with Gasteiger partial charge in [0.05, 0.1) is 5.76 Å². The molecule has 0 unspecified atom stereocenters. The number of amides is 1. The zero-order chi connectivity index (χ0) is 25.8. The average Bonchev–Trinajstić information content (AvgIpc) is 3.29. The topological polar surface area (TPSA) is 64.6 Å². The van der Waals surface area contributed by atoms with E-state index >= 15 is 0 Å². The summed E-state index contributed by atoms with van der Waals surface area (Å²) in [6, 6.07) is 0. The Bertz CT molecular complexity index is 968. The normalized spacial score (nSPS) is 41.8. The van der Waals surface area contributed by atoms with Crippen molar-refractivity contribution in [3.05, 3.63) is 23.0 Å². The molecule has 0 aromatic heterocycles. The van der Waals surface area contributed by atoms with Crippen LogP contribution in [0.4, 0.5) is 0 Å². The Labute approximate surface area is 217 Å². The van der Waals surface area contributed by atoms with Gasteiger partial charge >= 0.3 is 5.97 Å². The number of carbonyl (C=O) groups excluding carboxylic acids is 2. The lowest BCUT2D eigenvalue weighted by Gasteiger charge is -2.58. The van der Waals surface area contributed by atoms with Gasteiger partial charge < -0.3 is 14.8 Å². The number of nitrogens with one attached hydrogen (secondary N) is 1. The summed E-state index contributed by atoms with van der Waals surface area (Å²) >= 11 is 0. The van der Waals surface area contributed by atoms with Crippen molar-refractivity contribution in [3.8, 4) is 0 Å². The Kier molecular flexibility index (Phi) is 6.83. The molecular formula is C31H47NO4. The van der Waals surface area contributed by atoms with E-state index in [1.165, 1.54) is 43.9 Å². The Balaban J connectivity index is 1.29. The zero-order valence-electron chi connectivity index (χ0n) is 23.3. The molecule has 3 fully saturated rings. The van der Waals surface area contributed by atoms with Crippen LogP contribution in [0.2, 0.25) is 0 Å². The van der Waals surface area contributed by atoms with Crippen LogP contribution in [0.15, 0.2) is 23.0 Å². The highest BCUT2D eigenvalue weighted by Gasteiger charge is 2.63. The van der Waals surface area contributed by atoms with Crippen LogP contribution in [0.3, 0.4) is 0 Å². The van der Waals surface area contributed by atoms with Crippen molar-refractivity contribution in [2.45, 2.75) is 112 Å². The van der Waals surface area contributed by atoms with Crippen LogP contribution in [0.25, 0.3) is 0 Å². The first kappa shape index (κ1) is 25.9. The first-order valence-electron chi connectivity index (χ1n) is 14.5. The second-order valence-electron chi connectivity index (χ2n) is 13.3. The van der Waals surface area contributed by atoms with Crippen LogP contribution < -0.4 is 5.32 Å². The third kappa shape index (κ3) is 4.32. The van der Waals surface area contributed by atoms with Crippen molar-refractivity contribution in [1.82, 2.24) is 5.32 Å². The molecule has 1 N–H and O–H groups in total. The summed E-state index contributed by atoms with van der Waals surface area (Å²) < 4.78 is 12.3. The quantitative estimate of drug-likeness (QED) is 0.344. The van der Waals surface area contributed by atoms with E-state index in [9.17, 15) is 9.59 Å². The number of rotatable bonds is 6. The summed E-state index contributed by atoms with van der Waals surface area (Å²) in [6.07, 6.45) is 13.0. The minimum atomic E-state index is -0.145. The molecule has 5 nitrogen and oxygen atoms in total. The number of esters is 1. The third-order valence-corrected chi connectivity index (χ3v) is 11.2. The lowest BCUT2D eigenvalue weighted by molar-refractivity contribution is -0.148. The smallest absolute Gasteiger partial charge is 0.302 e. The Hall–Kier alpha value is -1.78. The van der Waals surface area contributed by atoms with E-state index in [1.807, 2.05) is 0 Å². The van der Waals surface area contributed by atoms with Crippen LogP contribution in [0.1, 0.15) is 99.3 Å². The van der Waals surface area contributed by atoms with Gasteiger partial charge in [-0.1, -0.05) is 32.4 Å². The molecule has 5 heteroatoms. The van der Waals surface area contributed by atoms with Gasteiger partial charge in [-0.3, -0.25) is 9.59 Å². The zero-order valence-corrected chi connectivity index (χ0v) is 23.3. The Morgan fingerprint density at radius 2 is 1.97 bits per heavy atom. The molecule has 1 heterocycles. The summed E-state index contributed by atoms with van der Waals surface area (Å²) in [5.74, 6) is 4.37. The largest absolute Gasteiger partial charge is 0.494 e. The molecule has 3 saturated carbocycles. The third-order valence-electron chi connectivity index (χ3n) is 11.2. The highest BCUT2D eigenvalue weighted by Crippen LogP contribution is 2.69. The molecule has 0 aromatic carbocycles. The summed E-state index contributed by atoms with van der Waals surface area (Å²) in [5.41, 5.74) is 3.66. The van der Waals surface area contributed by atoms with E-state index in [1.54, 1.807) is 12.5 Å². The van der Waals surface area contributed by atoms with E-state index in [0.29, 0.717) is 23.4 Å². The minimum Gasteiger partial charge on any atom is -0.494 e. The molecular weight excluding hydrogens is 450 g/mol. The first-order chi connectivity index (χ1) is 17.0. The van der Waals surface area contributed by atoms with Gasteiger partial charge in [-0.25, -0.2) is 0 Å². The van der Waals surface area contributed by atoms with Gasteiger partial charge in [0.1, 0.15) is 12.2 Å². The Morgan fingerprint density at radius 3 is 2.69 bits per heavy atom. The minimum absolute atomic E-state index is 0.0504. The van der Waals surface area contributed by atoms with Crippen molar-refractivity contribution in [1.29, 1.82) is 0 Å². The summed E-state index contributed by atoms with van der Waals surface area (Å²) in [4.78, 5) is 22.8. The van der Waals surface area contributed by atoms with Crippen molar-refractivity contribution >= 4 is 11.9 Å². The van der Waals surface area contributed by atoms with Crippen LogP contribution in [-0.2, 0) is 19.1 Å². The summed E-state index contributed by atoms with van der Waals surface area (Å²) in [7, 11) is 0. The van der Waals surface area contributed by atoms with E-state index in [-0.39, 0.29) is 23.4 Å². The fourth-order valence-corrected chi connectivity index (χ4v) is 9.34. The number of hydrogen-bond acceptors (Lipinski definition) is 4. The van der Waals surface area contributed by atoms with Gasteiger partial charge in [-0.2, -0.15) is 0 Å². The lowest BCUT2D eigenvalue weighted by Crippen LogP contribution is -2.50. The fourth-order valence-electron chi connectivity index (χ4n) is 9.34. The number of hydrogen-bond donors (Lipinski definition) is 1. The summed E-state index contributed by atoms with van der Waals surface area (Å²) in [5, 5.41) is 2.95. The van der Waals surface area contributed by atoms with Crippen LogP contribution in [0.5, 0.6) is 0 Å². The second kappa shape index (κ2) is 9.51. The maximum absolute atomic E-state index is 11.5. The van der Waals surface area contributed by atoms with Crippen molar-refractivity contribution < 1.29 is 19.1 Å². The molecule has 36 heavy (non-hydrogen) atoms. The van der Waals surface area contributed by atoms with E-state index in [4.69, 9.17) is 9.47 Å². The maximum Gasteiger partial charge on any atom is 0.302 e. The molecule has 0 bridgehead atoms. The van der Waals surface area contributed by atoms with Gasteiger partial charge in [0, 0.05) is 39.2 Å².